The molecule has 0 bridgehead atoms. The van der Waals surface area contributed by atoms with Crippen LogP contribution in [0.2, 0.25) is 0 Å². The molecule has 5 rings (SSSR count). The number of aryl methyl sites for hydroxylation is 2. The van der Waals surface area contributed by atoms with Gasteiger partial charge in [0.2, 0.25) is 10.1 Å². The van der Waals surface area contributed by atoms with Crippen LogP contribution in [0.25, 0.3) is 16.2 Å². The van der Waals surface area contributed by atoms with Crippen molar-refractivity contribution in [3.63, 3.8) is 0 Å². The molecule has 4 heterocycles. The number of piperazine rings is 1. The topological polar surface area (TPSA) is 62.5 Å². The molecule has 0 spiro atoms. The van der Waals surface area contributed by atoms with Crippen LogP contribution in [0.5, 0.6) is 0 Å². The van der Waals surface area contributed by atoms with Gasteiger partial charge in [0.15, 0.2) is 0 Å². The van der Waals surface area contributed by atoms with E-state index in [2.05, 4.69) is 24.8 Å². The van der Waals surface area contributed by atoms with Gasteiger partial charge in [-0.15, -0.1) is 5.10 Å². The first-order valence-corrected chi connectivity index (χ1v) is 10.3. The van der Waals surface area contributed by atoms with E-state index in [-0.39, 0.29) is 5.82 Å². The number of hydrogen-bond donors (Lipinski definition) is 0. The Hall–Kier alpha value is -3.07. The van der Waals surface area contributed by atoms with E-state index < -0.39 is 0 Å². The molecule has 0 amide bonds. The van der Waals surface area contributed by atoms with Gasteiger partial charge in [-0.3, -0.25) is 4.98 Å². The average molecular weight is 409 g/mol. The van der Waals surface area contributed by atoms with Crippen molar-refractivity contribution in [2.45, 2.75) is 13.8 Å². The van der Waals surface area contributed by atoms with E-state index in [9.17, 15) is 4.39 Å². The van der Waals surface area contributed by atoms with Gasteiger partial charge in [-0.25, -0.2) is 18.9 Å². The van der Waals surface area contributed by atoms with Crippen LogP contribution in [0.1, 0.15) is 11.4 Å². The van der Waals surface area contributed by atoms with E-state index in [0.29, 0.717) is 0 Å². The molecule has 1 aliphatic rings. The molecule has 4 aromatic rings. The predicted molar refractivity (Wildman–Crippen MR) is 112 cm³/mol. The van der Waals surface area contributed by atoms with Crippen LogP contribution >= 0.6 is 11.3 Å². The first-order chi connectivity index (χ1) is 14.1. The zero-order valence-corrected chi connectivity index (χ0v) is 17.0. The highest BCUT2D eigenvalue weighted by Gasteiger charge is 2.23. The van der Waals surface area contributed by atoms with Crippen molar-refractivity contribution >= 4 is 27.2 Å². The smallest absolute Gasteiger partial charge is 0.214 e. The summed E-state index contributed by atoms with van der Waals surface area (Å²) >= 11 is 1.57. The van der Waals surface area contributed by atoms with Crippen molar-refractivity contribution in [3.8, 4) is 11.3 Å². The highest BCUT2D eigenvalue weighted by atomic mass is 32.1. The summed E-state index contributed by atoms with van der Waals surface area (Å²) in [6.07, 6.45) is 3.70. The second-order valence-corrected chi connectivity index (χ2v) is 8.07. The van der Waals surface area contributed by atoms with Gasteiger partial charge in [0.25, 0.3) is 0 Å². The first-order valence-electron chi connectivity index (χ1n) is 9.49. The fourth-order valence-corrected chi connectivity index (χ4v) is 4.45. The number of fused-ring (bicyclic) bond motifs is 1. The van der Waals surface area contributed by atoms with Gasteiger partial charge < -0.3 is 9.80 Å². The number of anilines is 2. The maximum atomic E-state index is 13.1. The molecule has 0 unspecified atom stereocenters. The highest BCUT2D eigenvalue weighted by Crippen LogP contribution is 2.28. The number of hydrogen-bond acceptors (Lipinski definition) is 7. The number of aromatic nitrogens is 5. The number of halogens is 1. The summed E-state index contributed by atoms with van der Waals surface area (Å²) in [7, 11) is 0. The van der Waals surface area contributed by atoms with Crippen LogP contribution in [0.3, 0.4) is 0 Å². The number of rotatable bonds is 3. The Bertz CT molecular complexity index is 1130. The minimum atomic E-state index is -0.249. The van der Waals surface area contributed by atoms with Crippen LogP contribution < -0.4 is 9.80 Å². The molecular weight excluding hydrogens is 389 g/mol. The third-order valence-corrected chi connectivity index (χ3v) is 6.06. The van der Waals surface area contributed by atoms with Crippen molar-refractivity contribution in [2.75, 3.05) is 36.0 Å². The van der Waals surface area contributed by atoms with Gasteiger partial charge in [0.05, 0.1) is 23.3 Å². The Morgan fingerprint density at radius 2 is 1.69 bits per heavy atom. The summed E-state index contributed by atoms with van der Waals surface area (Å²) in [5.74, 6) is 0.726. The van der Waals surface area contributed by atoms with Gasteiger partial charge in [0, 0.05) is 37.9 Å². The van der Waals surface area contributed by atoms with E-state index in [1.165, 1.54) is 12.1 Å². The largest absolute Gasteiger partial charge is 0.352 e. The van der Waals surface area contributed by atoms with Crippen LogP contribution in [0.15, 0.2) is 36.7 Å². The number of imidazole rings is 1. The molecule has 148 valence electrons. The lowest BCUT2D eigenvalue weighted by Crippen LogP contribution is -2.47. The normalized spacial score (nSPS) is 14.7. The Morgan fingerprint density at radius 3 is 2.41 bits per heavy atom. The fraction of sp³-hybridized carbons (Fsp3) is 0.300. The van der Waals surface area contributed by atoms with Crippen molar-refractivity contribution in [1.29, 1.82) is 0 Å². The summed E-state index contributed by atoms with van der Waals surface area (Å²) in [5.41, 5.74) is 3.58. The average Bonchev–Trinajstić information content (AvgIpc) is 3.30. The molecule has 1 fully saturated rings. The molecule has 9 heteroatoms. The standard InChI is InChI=1S/C20H20FN7S/c1-13-11-22-14(2)18(23-13)26-7-9-27(10-8-26)20-25-28-12-17(24-19(28)29-20)15-3-5-16(21)6-4-15/h3-6,11-12H,7-10H2,1-2H3. The minimum Gasteiger partial charge on any atom is -0.352 e. The van der Waals surface area contributed by atoms with Gasteiger partial charge in [-0.2, -0.15) is 0 Å². The van der Waals surface area contributed by atoms with E-state index >= 15 is 0 Å². The summed E-state index contributed by atoms with van der Waals surface area (Å²) in [6, 6.07) is 6.36. The van der Waals surface area contributed by atoms with Crippen LogP contribution in [-0.2, 0) is 0 Å². The molecule has 1 aliphatic heterocycles. The Labute approximate surface area is 171 Å². The first kappa shape index (κ1) is 18.0. The van der Waals surface area contributed by atoms with Gasteiger partial charge >= 0.3 is 0 Å². The lowest BCUT2D eigenvalue weighted by Gasteiger charge is -2.35. The van der Waals surface area contributed by atoms with Gasteiger partial charge in [0.1, 0.15) is 11.6 Å². The summed E-state index contributed by atoms with van der Waals surface area (Å²) in [4.78, 5) is 19.2. The molecule has 3 aromatic heterocycles. The van der Waals surface area contributed by atoms with E-state index in [4.69, 9.17) is 5.10 Å². The molecule has 0 radical (unpaired) electrons. The van der Waals surface area contributed by atoms with Crippen molar-refractivity contribution in [1.82, 2.24) is 24.6 Å². The van der Waals surface area contributed by atoms with Crippen LogP contribution in [0, 0.1) is 19.7 Å². The number of benzene rings is 1. The summed E-state index contributed by atoms with van der Waals surface area (Å²) in [5, 5.41) is 5.67. The monoisotopic (exact) mass is 409 g/mol. The van der Waals surface area contributed by atoms with Gasteiger partial charge in [-0.1, -0.05) is 11.3 Å². The van der Waals surface area contributed by atoms with Crippen molar-refractivity contribution < 1.29 is 4.39 Å². The Kier molecular flexibility index (Phi) is 4.39. The zero-order valence-electron chi connectivity index (χ0n) is 16.2. The Balaban J connectivity index is 1.31. The third-order valence-electron chi connectivity index (χ3n) is 5.07. The second kappa shape index (κ2) is 7.07. The number of nitrogens with zero attached hydrogens (tertiary/aromatic N) is 7. The molecule has 1 aromatic carbocycles. The summed E-state index contributed by atoms with van der Waals surface area (Å²) in [6.45, 7) is 7.47. The molecule has 0 saturated carbocycles. The molecule has 0 aliphatic carbocycles. The predicted octanol–water partition coefficient (Wildman–Crippen LogP) is 3.33. The maximum absolute atomic E-state index is 13.1. The molecule has 29 heavy (non-hydrogen) atoms. The molecular formula is C20H20FN7S. The maximum Gasteiger partial charge on any atom is 0.214 e. The SMILES string of the molecule is Cc1cnc(C)c(N2CCN(c3nn4cc(-c5ccc(F)cc5)nc4s3)CC2)n1. The zero-order chi connectivity index (χ0) is 20.0. The summed E-state index contributed by atoms with van der Waals surface area (Å²) < 4.78 is 14.9. The van der Waals surface area contributed by atoms with E-state index in [1.807, 2.05) is 20.0 Å². The molecule has 1 saturated heterocycles. The second-order valence-electron chi connectivity index (χ2n) is 7.14. The molecule has 7 nitrogen and oxygen atoms in total. The highest BCUT2D eigenvalue weighted by molar-refractivity contribution is 7.20. The van der Waals surface area contributed by atoms with Crippen LogP contribution in [-0.4, -0.2) is 50.7 Å². The lowest BCUT2D eigenvalue weighted by molar-refractivity contribution is 0.628. The van der Waals surface area contributed by atoms with E-state index in [1.54, 1.807) is 34.2 Å². The van der Waals surface area contributed by atoms with Gasteiger partial charge in [-0.05, 0) is 38.1 Å². The van der Waals surface area contributed by atoms with E-state index in [0.717, 1.165) is 64.7 Å². The van der Waals surface area contributed by atoms with Crippen molar-refractivity contribution in [3.05, 3.63) is 53.9 Å². The molecule has 0 atom stereocenters. The van der Waals surface area contributed by atoms with Crippen LogP contribution in [0.4, 0.5) is 15.3 Å². The lowest BCUT2D eigenvalue weighted by atomic mass is 10.2. The third kappa shape index (κ3) is 3.42. The fourth-order valence-electron chi connectivity index (χ4n) is 3.51. The minimum absolute atomic E-state index is 0.249. The van der Waals surface area contributed by atoms with Crippen molar-refractivity contribution in [2.24, 2.45) is 0 Å². The Morgan fingerprint density at radius 1 is 0.966 bits per heavy atom. The quantitative estimate of drug-likeness (QED) is 0.517. The molecule has 0 N–H and O–H groups in total.